The molecule has 14 heavy (non-hydrogen) atoms. The third-order valence-corrected chi connectivity index (χ3v) is 2.69. The Morgan fingerprint density at radius 3 is 2.57 bits per heavy atom. The van der Waals surface area contributed by atoms with Gasteiger partial charge in [-0.2, -0.15) is 11.8 Å². The molecule has 0 radical (unpaired) electrons. The fourth-order valence-electron chi connectivity index (χ4n) is 0.900. The monoisotopic (exact) mass is 217 g/mol. The van der Waals surface area contributed by atoms with E-state index in [0.29, 0.717) is 6.54 Å². The molecule has 0 aromatic rings. The van der Waals surface area contributed by atoms with E-state index in [1.54, 1.807) is 0 Å². The summed E-state index contributed by atoms with van der Waals surface area (Å²) in [6.45, 7) is 4.26. The second kappa shape index (κ2) is 9.06. The van der Waals surface area contributed by atoms with Crippen LogP contribution < -0.4 is 5.32 Å². The highest BCUT2D eigenvalue weighted by molar-refractivity contribution is 7.99. The maximum absolute atomic E-state index is 11.0. The Bertz CT molecular complexity index is 183. The SMILES string of the molecule is CCCCSCCNC(=O)CC(C)=O. The lowest BCUT2D eigenvalue weighted by Gasteiger charge is -2.03. The van der Waals surface area contributed by atoms with Crippen molar-refractivity contribution in [3.05, 3.63) is 0 Å². The molecule has 4 heteroatoms. The minimum atomic E-state index is -0.159. The van der Waals surface area contributed by atoms with Gasteiger partial charge in [0.1, 0.15) is 5.78 Å². The molecule has 3 nitrogen and oxygen atoms in total. The van der Waals surface area contributed by atoms with Crippen LogP contribution in [-0.2, 0) is 9.59 Å². The number of amides is 1. The van der Waals surface area contributed by atoms with Gasteiger partial charge in [-0.25, -0.2) is 0 Å². The van der Waals surface area contributed by atoms with Crippen molar-refractivity contribution in [3.63, 3.8) is 0 Å². The van der Waals surface area contributed by atoms with Crippen molar-refractivity contribution in [2.75, 3.05) is 18.1 Å². The highest BCUT2D eigenvalue weighted by Gasteiger charge is 2.02. The zero-order chi connectivity index (χ0) is 10.8. The van der Waals surface area contributed by atoms with E-state index in [1.165, 1.54) is 19.8 Å². The third-order valence-electron chi connectivity index (χ3n) is 1.62. The molecule has 0 heterocycles. The molecule has 0 saturated carbocycles. The summed E-state index contributed by atoms with van der Waals surface area (Å²) in [6, 6.07) is 0. The summed E-state index contributed by atoms with van der Waals surface area (Å²) in [5, 5.41) is 2.71. The van der Waals surface area contributed by atoms with Gasteiger partial charge in [0.15, 0.2) is 0 Å². The van der Waals surface area contributed by atoms with Crippen molar-refractivity contribution >= 4 is 23.5 Å². The molecule has 0 atom stereocenters. The van der Waals surface area contributed by atoms with Gasteiger partial charge in [0.05, 0.1) is 6.42 Å². The Labute approximate surface area is 90.0 Å². The first-order chi connectivity index (χ1) is 6.66. The average Bonchev–Trinajstić information content (AvgIpc) is 2.10. The number of unbranched alkanes of at least 4 members (excludes halogenated alkanes) is 1. The van der Waals surface area contributed by atoms with E-state index in [4.69, 9.17) is 0 Å². The molecule has 0 aliphatic carbocycles. The topological polar surface area (TPSA) is 46.2 Å². The summed E-state index contributed by atoms with van der Waals surface area (Å²) in [5.41, 5.74) is 0. The van der Waals surface area contributed by atoms with Crippen LogP contribution in [0.4, 0.5) is 0 Å². The number of rotatable bonds is 8. The molecule has 0 bridgehead atoms. The first-order valence-electron chi connectivity index (χ1n) is 5.00. The Balaban J connectivity index is 3.19. The number of hydrogen-bond donors (Lipinski definition) is 1. The molecule has 1 amide bonds. The zero-order valence-corrected chi connectivity index (χ0v) is 9.78. The van der Waals surface area contributed by atoms with Gasteiger partial charge in [0.25, 0.3) is 0 Å². The van der Waals surface area contributed by atoms with Crippen LogP contribution in [0, 0.1) is 0 Å². The van der Waals surface area contributed by atoms with Crippen molar-refractivity contribution in [2.45, 2.75) is 33.1 Å². The van der Waals surface area contributed by atoms with E-state index >= 15 is 0 Å². The molecule has 0 spiro atoms. The van der Waals surface area contributed by atoms with E-state index in [1.807, 2.05) is 11.8 Å². The van der Waals surface area contributed by atoms with Crippen molar-refractivity contribution < 1.29 is 9.59 Å². The largest absolute Gasteiger partial charge is 0.355 e. The Morgan fingerprint density at radius 1 is 1.29 bits per heavy atom. The summed E-state index contributed by atoms with van der Waals surface area (Å²) in [6.07, 6.45) is 2.45. The number of Topliss-reactive ketones (excluding diaryl/α,β-unsaturated/α-hetero) is 1. The van der Waals surface area contributed by atoms with E-state index in [2.05, 4.69) is 12.2 Å². The Kier molecular flexibility index (Phi) is 8.73. The van der Waals surface area contributed by atoms with Gasteiger partial charge in [-0.1, -0.05) is 13.3 Å². The molecule has 0 saturated heterocycles. The van der Waals surface area contributed by atoms with Crippen LogP contribution in [0.3, 0.4) is 0 Å². The lowest BCUT2D eigenvalue weighted by molar-refractivity contribution is -0.127. The van der Waals surface area contributed by atoms with E-state index in [9.17, 15) is 9.59 Å². The fraction of sp³-hybridized carbons (Fsp3) is 0.800. The second-order valence-corrected chi connectivity index (χ2v) is 4.42. The molecule has 0 aliphatic heterocycles. The molecular formula is C10H19NO2S. The molecule has 0 aliphatic rings. The Hall–Kier alpha value is -0.510. The highest BCUT2D eigenvalue weighted by Crippen LogP contribution is 2.02. The molecule has 0 rings (SSSR count). The molecule has 0 fully saturated rings. The van der Waals surface area contributed by atoms with Gasteiger partial charge in [0.2, 0.25) is 5.91 Å². The van der Waals surface area contributed by atoms with Crippen LogP contribution >= 0.6 is 11.8 Å². The lowest BCUT2D eigenvalue weighted by atomic mass is 10.3. The highest BCUT2D eigenvalue weighted by atomic mass is 32.2. The van der Waals surface area contributed by atoms with Crippen LogP contribution in [-0.4, -0.2) is 29.7 Å². The van der Waals surface area contributed by atoms with E-state index < -0.39 is 0 Å². The van der Waals surface area contributed by atoms with E-state index in [0.717, 1.165) is 11.5 Å². The standard InChI is InChI=1S/C10H19NO2S/c1-3-4-6-14-7-5-11-10(13)8-9(2)12/h3-8H2,1-2H3,(H,11,13). The van der Waals surface area contributed by atoms with Gasteiger partial charge in [0, 0.05) is 12.3 Å². The average molecular weight is 217 g/mol. The summed E-state index contributed by atoms with van der Waals surface area (Å²) in [7, 11) is 0. The molecule has 0 unspecified atom stereocenters. The van der Waals surface area contributed by atoms with Gasteiger partial charge < -0.3 is 5.32 Å². The minimum absolute atomic E-state index is 0.0135. The molecule has 82 valence electrons. The summed E-state index contributed by atoms with van der Waals surface area (Å²) < 4.78 is 0. The summed E-state index contributed by atoms with van der Waals surface area (Å²) in [5.74, 6) is 1.85. The predicted octanol–water partition coefficient (Wildman–Crippen LogP) is 1.61. The maximum Gasteiger partial charge on any atom is 0.227 e. The number of thioether (sulfide) groups is 1. The van der Waals surface area contributed by atoms with Gasteiger partial charge in [-0.3, -0.25) is 9.59 Å². The summed E-state index contributed by atoms with van der Waals surface area (Å²) >= 11 is 1.84. The van der Waals surface area contributed by atoms with Gasteiger partial charge in [-0.05, 0) is 19.1 Å². The number of carbonyl (C=O) groups is 2. The fourth-order valence-corrected chi connectivity index (χ4v) is 1.84. The first kappa shape index (κ1) is 13.5. The molecular weight excluding hydrogens is 198 g/mol. The molecule has 0 aromatic carbocycles. The maximum atomic E-state index is 11.0. The van der Waals surface area contributed by atoms with Crippen molar-refractivity contribution in [1.82, 2.24) is 5.32 Å². The lowest BCUT2D eigenvalue weighted by Crippen LogP contribution is -2.27. The van der Waals surface area contributed by atoms with Gasteiger partial charge in [-0.15, -0.1) is 0 Å². The van der Waals surface area contributed by atoms with Crippen molar-refractivity contribution in [3.8, 4) is 0 Å². The van der Waals surface area contributed by atoms with Crippen LogP contribution in [0.25, 0.3) is 0 Å². The van der Waals surface area contributed by atoms with Crippen molar-refractivity contribution in [2.24, 2.45) is 0 Å². The van der Waals surface area contributed by atoms with Crippen LogP contribution in [0.2, 0.25) is 0 Å². The Morgan fingerprint density at radius 2 is 2.00 bits per heavy atom. The third kappa shape index (κ3) is 9.58. The smallest absolute Gasteiger partial charge is 0.227 e. The van der Waals surface area contributed by atoms with Crippen molar-refractivity contribution in [1.29, 1.82) is 0 Å². The second-order valence-electron chi connectivity index (χ2n) is 3.19. The quantitative estimate of drug-likeness (QED) is 0.496. The predicted molar refractivity (Wildman–Crippen MR) is 60.5 cm³/mol. The molecule has 0 aromatic heterocycles. The molecule has 1 N–H and O–H groups in total. The van der Waals surface area contributed by atoms with Crippen LogP contribution in [0.5, 0.6) is 0 Å². The van der Waals surface area contributed by atoms with E-state index in [-0.39, 0.29) is 18.1 Å². The normalized spacial score (nSPS) is 9.86. The number of carbonyl (C=O) groups excluding carboxylic acids is 2. The zero-order valence-electron chi connectivity index (χ0n) is 8.97. The number of hydrogen-bond acceptors (Lipinski definition) is 3. The minimum Gasteiger partial charge on any atom is -0.355 e. The van der Waals surface area contributed by atoms with Gasteiger partial charge >= 0.3 is 0 Å². The van der Waals surface area contributed by atoms with Crippen LogP contribution in [0.15, 0.2) is 0 Å². The number of nitrogens with one attached hydrogen (secondary N) is 1. The first-order valence-corrected chi connectivity index (χ1v) is 6.16. The van der Waals surface area contributed by atoms with Crippen LogP contribution in [0.1, 0.15) is 33.1 Å². The summed E-state index contributed by atoms with van der Waals surface area (Å²) in [4.78, 5) is 21.6. The number of ketones is 1.